The summed E-state index contributed by atoms with van der Waals surface area (Å²) in [5, 5.41) is 12.0. The number of Topliss-reactive ketones (excluding diaryl/α,β-unsaturated/α-hetero) is 1. The Morgan fingerprint density at radius 1 is 1.13 bits per heavy atom. The molecule has 5 rings (SSSR count). The zero-order valence-corrected chi connectivity index (χ0v) is 16.8. The van der Waals surface area contributed by atoms with E-state index >= 15 is 0 Å². The van der Waals surface area contributed by atoms with Gasteiger partial charge in [-0.15, -0.1) is 0 Å². The van der Waals surface area contributed by atoms with Gasteiger partial charge in [-0.1, -0.05) is 24.4 Å². The van der Waals surface area contributed by atoms with Crippen LogP contribution in [0.2, 0.25) is 5.02 Å². The van der Waals surface area contributed by atoms with Gasteiger partial charge in [-0.25, -0.2) is 0 Å². The van der Waals surface area contributed by atoms with Crippen LogP contribution in [0.15, 0.2) is 64.5 Å². The van der Waals surface area contributed by atoms with Crippen molar-refractivity contribution in [1.82, 2.24) is 9.88 Å². The number of aliphatic hydroxyl groups is 1. The molecule has 152 valence electrons. The first-order valence-electron chi connectivity index (χ1n) is 9.94. The number of carbonyl (C=O) groups excluding carboxylic acids is 2. The van der Waals surface area contributed by atoms with E-state index in [9.17, 15) is 14.7 Å². The molecule has 3 aromatic rings. The van der Waals surface area contributed by atoms with Crippen molar-refractivity contribution in [1.29, 1.82) is 0 Å². The number of fused-ring (bicyclic) bond motifs is 1. The van der Waals surface area contributed by atoms with Crippen LogP contribution in [0.4, 0.5) is 0 Å². The fourth-order valence-corrected chi connectivity index (χ4v) is 4.73. The van der Waals surface area contributed by atoms with E-state index in [0.29, 0.717) is 16.0 Å². The summed E-state index contributed by atoms with van der Waals surface area (Å²) in [5.41, 5.74) is 1.29. The molecule has 6 nitrogen and oxygen atoms in total. The minimum atomic E-state index is -0.673. The summed E-state index contributed by atoms with van der Waals surface area (Å²) in [4.78, 5) is 32.2. The lowest BCUT2D eigenvalue weighted by molar-refractivity contribution is -0.131. The Hall–Kier alpha value is -3.12. The second kappa shape index (κ2) is 7.29. The second-order valence-corrected chi connectivity index (χ2v) is 8.15. The van der Waals surface area contributed by atoms with E-state index < -0.39 is 23.5 Å². The molecule has 1 fully saturated rings. The van der Waals surface area contributed by atoms with Crippen LogP contribution in [0.1, 0.15) is 47.8 Å². The Kier molecular flexibility index (Phi) is 4.59. The summed E-state index contributed by atoms with van der Waals surface area (Å²) in [5.74, 6) is -1.46. The fourth-order valence-electron chi connectivity index (χ4n) is 4.55. The van der Waals surface area contributed by atoms with Gasteiger partial charge in [-0.2, -0.15) is 0 Å². The number of pyridine rings is 1. The maximum Gasteiger partial charge on any atom is 0.290 e. The molecule has 1 aliphatic carbocycles. The van der Waals surface area contributed by atoms with E-state index in [1.807, 2.05) is 0 Å². The summed E-state index contributed by atoms with van der Waals surface area (Å²) >= 11 is 6.04. The molecule has 1 N–H and O–H groups in total. The van der Waals surface area contributed by atoms with E-state index in [1.165, 1.54) is 0 Å². The Bertz CT molecular complexity index is 1180. The first-order valence-corrected chi connectivity index (χ1v) is 10.3. The van der Waals surface area contributed by atoms with Crippen molar-refractivity contribution in [2.24, 2.45) is 0 Å². The Labute approximate surface area is 177 Å². The number of halogens is 1. The largest absolute Gasteiger partial charge is 0.503 e. The summed E-state index contributed by atoms with van der Waals surface area (Å²) in [6, 6.07) is 9.51. The third-order valence-corrected chi connectivity index (χ3v) is 6.17. The normalized spacial score (nSPS) is 20.0. The lowest BCUT2D eigenvalue weighted by Crippen LogP contribution is -2.38. The monoisotopic (exact) mass is 422 g/mol. The van der Waals surface area contributed by atoms with Gasteiger partial charge in [-0.3, -0.25) is 14.6 Å². The molecular formula is C23H19ClN2O4. The molecule has 1 unspecified atom stereocenters. The number of nitrogens with zero attached hydrogens (tertiary/aromatic N) is 2. The molecule has 1 atom stereocenters. The van der Waals surface area contributed by atoms with Crippen molar-refractivity contribution >= 4 is 34.3 Å². The van der Waals surface area contributed by atoms with Crippen LogP contribution in [-0.2, 0) is 4.79 Å². The van der Waals surface area contributed by atoms with Gasteiger partial charge in [0.1, 0.15) is 5.58 Å². The first-order chi connectivity index (χ1) is 14.5. The number of hydrogen-bond acceptors (Lipinski definition) is 5. The summed E-state index contributed by atoms with van der Waals surface area (Å²) in [6.07, 6.45) is 6.98. The minimum Gasteiger partial charge on any atom is -0.503 e. The molecule has 1 saturated carbocycles. The standard InChI is InChI=1S/C23H19ClN2O4/c24-15-5-6-17-14(11-15)12-18(30-17)21(27)19-20(13-7-9-25-10-8-13)26(23(29)22(19)28)16-3-1-2-4-16/h5-12,16,20,28H,1-4H2. The van der Waals surface area contributed by atoms with Crippen molar-refractivity contribution in [3.8, 4) is 0 Å². The third-order valence-electron chi connectivity index (χ3n) is 5.93. The number of amides is 1. The number of aromatic nitrogens is 1. The quantitative estimate of drug-likeness (QED) is 0.598. The van der Waals surface area contributed by atoms with Gasteiger partial charge < -0.3 is 14.4 Å². The number of benzene rings is 1. The molecule has 0 spiro atoms. The Balaban J connectivity index is 1.61. The molecule has 0 saturated heterocycles. The highest BCUT2D eigenvalue weighted by Crippen LogP contribution is 2.43. The average molecular weight is 423 g/mol. The van der Waals surface area contributed by atoms with E-state index in [0.717, 1.165) is 31.2 Å². The topological polar surface area (TPSA) is 83.6 Å². The van der Waals surface area contributed by atoms with E-state index in [4.69, 9.17) is 16.0 Å². The zero-order chi connectivity index (χ0) is 20.8. The van der Waals surface area contributed by atoms with Gasteiger partial charge in [0.05, 0.1) is 11.6 Å². The number of hydrogen-bond donors (Lipinski definition) is 1. The van der Waals surface area contributed by atoms with Crippen molar-refractivity contribution in [3.05, 3.63) is 76.5 Å². The molecule has 2 aliphatic rings. The summed E-state index contributed by atoms with van der Waals surface area (Å²) in [7, 11) is 0. The van der Waals surface area contributed by atoms with Gasteiger partial charge in [0.2, 0.25) is 5.78 Å². The predicted molar refractivity (Wildman–Crippen MR) is 111 cm³/mol. The SMILES string of the molecule is O=C(C1=C(O)C(=O)N(C2CCCC2)C1c1ccncc1)c1cc2cc(Cl)ccc2o1. The molecule has 30 heavy (non-hydrogen) atoms. The first kappa shape index (κ1) is 18.9. The van der Waals surface area contributed by atoms with Gasteiger partial charge in [0, 0.05) is 28.8 Å². The van der Waals surface area contributed by atoms with Crippen LogP contribution in [0, 0.1) is 0 Å². The highest BCUT2D eigenvalue weighted by Gasteiger charge is 2.47. The summed E-state index contributed by atoms with van der Waals surface area (Å²) < 4.78 is 5.73. The van der Waals surface area contributed by atoms with Crippen molar-refractivity contribution in [3.63, 3.8) is 0 Å². The zero-order valence-electron chi connectivity index (χ0n) is 16.0. The van der Waals surface area contributed by atoms with Gasteiger partial charge in [0.25, 0.3) is 5.91 Å². The van der Waals surface area contributed by atoms with Crippen LogP contribution in [0.5, 0.6) is 0 Å². The number of carbonyl (C=O) groups is 2. The molecule has 1 aliphatic heterocycles. The number of aliphatic hydroxyl groups excluding tert-OH is 1. The lowest BCUT2D eigenvalue weighted by atomic mass is 9.95. The summed E-state index contributed by atoms with van der Waals surface area (Å²) in [6.45, 7) is 0. The van der Waals surface area contributed by atoms with Gasteiger partial charge >= 0.3 is 0 Å². The molecule has 1 amide bonds. The molecule has 2 aromatic heterocycles. The molecule has 1 aromatic carbocycles. The maximum absolute atomic E-state index is 13.5. The van der Waals surface area contributed by atoms with Crippen LogP contribution in [0.3, 0.4) is 0 Å². The van der Waals surface area contributed by atoms with E-state index in [2.05, 4.69) is 4.98 Å². The van der Waals surface area contributed by atoms with Crippen LogP contribution >= 0.6 is 11.6 Å². The van der Waals surface area contributed by atoms with Gasteiger partial charge in [-0.05, 0) is 54.8 Å². The minimum absolute atomic E-state index is 0.0161. The third kappa shape index (κ3) is 2.99. The molecule has 3 heterocycles. The highest BCUT2D eigenvalue weighted by molar-refractivity contribution is 6.31. The predicted octanol–water partition coefficient (Wildman–Crippen LogP) is 5.00. The van der Waals surface area contributed by atoms with E-state index in [-0.39, 0.29) is 17.4 Å². The smallest absolute Gasteiger partial charge is 0.290 e. The number of rotatable bonds is 4. The average Bonchev–Trinajstić information content (AvgIpc) is 3.47. The lowest BCUT2D eigenvalue weighted by Gasteiger charge is -2.31. The van der Waals surface area contributed by atoms with Crippen LogP contribution in [0.25, 0.3) is 11.0 Å². The fraction of sp³-hybridized carbons (Fsp3) is 0.261. The molecule has 0 bridgehead atoms. The van der Waals surface area contributed by atoms with Crippen LogP contribution in [-0.4, -0.2) is 32.7 Å². The highest BCUT2D eigenvalue weighted by atomic mass is 35.5. The second-order valence-electron chi connectivity index (χ2n) is 7.72. The molecular weight excluding hydrogens is 404 g/mol. The van der Waals surface area contributed by atoms with Gasteiger partial charge in [0.15, 0.2) is 11.5 Å². The van der Waals surface area contributed by atoms with Crippen LogP contribution < -0.4 is 0 Å². The molecule has 0 radical (unpaired) electrons. The van der Waals surface area contributed by atoms with Crippen molar-refractivity contribution in [2.45, 2.75) is 37.8 Å². The number of ketones is 1. The van der Waals surface area contributed by atoms with Crippen molar-refractivity contribution < 1.29 is 19.1 Å². The Morgan fingerprint density at radius 3 is 2.60 bits per heavy atom. The Morgan fingerprint density at radius 2 is 1.87 bits per heavy atom. The van der Waals surface area contributed by atoms with Crippen molar-refractivity contribution in [2.75, 3.05) is 0 Å². The maximum atomic E-state index is 13.5. The van der Waals surface area contributed by atoms with E-state index in [1.54, 1.807) is 53.7 Å². The number of furan rings is 1. The molecule has 7 heteroatoms.